The van der Waals surface area contributed by atoms with E-state index in [1.807, 2.05) is 20.8 Å². The van der Waals surface area contributed by atoms with Crippen LogP contribution >= 0.6 is 12.6 Å². The van der Waals surface area contributed by atoms with Crippen molar-refractivity contribution in [3.05, 3.63) is 0 Å². The Balaban J connectivity index is 3.39. The van der Waals surface area contributed by atoms with E-state index >= 15 is 0 Å². The number of rotatable bonds is 7. The van der Waals surface area contributed by atoms with E-state index in [-0.39, 0.29) is 11.5 Å². The van der Waals surface area contributed by atoms with Crippen LogP contribution in [-0.4, -0.2) is 42.6 Å². The number of hydrogen-bond donors (Lipinski definition) is 2. The molecule has 0 saturated heterocycles. The maximum absolute atomic E-state index is 11.4. The Morgan fingerprint density at radius 2 is 1.71 bits per heavy atom. The summed E-state index contributed by atoms with van der Waals surface area (Å²) in [5.41, 5.74) is -0.131. The van der Waals surface area contributed by atoms with Crippen molar-refractivity contribution in [1.29, 1.82) is 0 Å². The first-order valence-electron chi connectivity index (χ1n) is 5.85. The van der Waals surface area contributed by atoms with Crippen LogP contribution in [0.15, 0.2) is 0 Å². The van der Waals surface area contributed by atoms with Crippen molar-refractivity contribution in [1.82, 2.24) is 5.32 Å². The molecule has 102 valence electrons. The Hall–Kier alpha value is -0.260. The SMILES string of the molecule is CC(C)(C)OCCOCCNC(=O)C(C)(C)S. The molecule has 0 spiro atoms. The van der Waals surface area contributed by atoms with E-state index in [1.54, 1.807) is 13.8 Å². The lowest BCUT2D eigenvalue weighted by Crippen LogP contribution is -2.39. The monoisotopic (exact) mass is 263 g/mol. The molecule has 0 aliphatic carbocycles. The van der Waals surface area contributed by atoms with Crippen molar-refractivity contribution in [2.45, 2.75) is 45.0 Å². The minimum atomic E-state index is -0.644. The average molecular weight is 263 g/mol. The molecule has 0 atom stereocenters. The predicted octanol–water partition coefficient (Wildman–Crippen LogP) is 1.64. The number of amides is 1. The molecular weight excluding hydrogens is 238 g/mol. The van der Waals surface area contributed by atoms with Gasteiger partial charge in [-0.3, -0.25) is 4.79 Å². The van der Waals surface area contributed by atoms with Gasteiger partial charge < -0.3 is 14.8 Å². The van der Waals surface area contributed by atoms with Crippen LogP contribution in [-0.2, 0) is 14.3 Å². The van der Waals surface area contributed by atoms with Gasteiger partial charge in [0.05, 0.1) is 30.2 Å². The summed E-state index contributed by atoms with van der Waals surface area (Å²) in [6, 6.07) is 0. The lowest BCUT2D eigenvalue weighted by molar-refractivity contribution is -0.122. The van der Waals surface area contributed by atoms with E-state index in [1.165, 1.54) is 0 Å². The smallest absolute Gasteiger partial charge is 0.235 e. The molecule has 1 N–H and O–H groups in total. The minimum Gasteiger partial charge on any atom is -0.377 e. The first-order valence-corrected chi connectivity index (χ1v) is 6.30. The molecule has 0 aromatic rings. The number of ether oxygens (including phenoxy) is 2. The highest BCUT2D eigenvalue weighted by atomic mass is 32.1. The molecular formula is C12H25NO3S. The maximum atomic E-state index is 11.4. The number of thiol groups is 1. The summed E-state index contributed by atoms with van der Waals surface area (Å²) in [5.74, 6) is -0.0876. The molecule has 0 saturated carbocycles. The normalized spacial score (nSPS) is 12.6. The second kappa shape index (κ2) is 7.24. The van der Waals surface area contributed by atoms with Gasteiger partial charge in [-0.2, -0.15) is 12.6 Å². The number of carbonyl (C=O) groups excluding carboxylic acids is 1. The fourth-order valence-corrected chi connectivity index (χ4v) is 1.04. The number of carbonyl (C=O) groups is 1. The maximum Gasteiger partial charge on any atom is 0.235 e. The van der Waals surface area contributed by atoms with Gasteiger partial charge in [-0.1, -0.05) is 0 Å². The third kappa shape index (κ3) is 10.6. The summed E-state index contributed by atoms with van der Waals surface area (Å²) in [5, 5.41) is 2.75. The summed E-state index contributed by atoms with van der Waals surface area (Å²) >= 11 is 4.17. The summed E-state index contributed by atoms with van der Waals surface area (Å²) in [6.07, 6.45) is 0. The Labute approximate surface area is 110 Å². The molecule has 0 unspecified atom stereocenters. The molecule has 0 rings (SSSR count). The van der Waals surface area contributed by atoms with Crippen LogP contribution in [0.4, 0.5) is 0 Å². The highest BCUT2D eigenvalue weighted by molar-refractivity contribution is 7.82. The number of hydrogen-bond acceptors (Lipinski definition) is 4. The van der Waals surface area contributed by atoms with Crippen molar-refractivity contribution in [3.8, 4) is 0 Å². The Kier molecular flexibility index (Phi) is 7.13. The standard InChI is InChI=1S/C12H25NO3S/c1-11(2,3)16-9-8-15-7-6-13-10(14)12(4,5)17/h17H,6-9H2,1-5H3,(H,13,14). The second-order valence-corrected chi connectivity index (χ2v) is 6.51. The molecule has 17 heavy (non-hydrogen) atoms. The van der Waals surface area contributed by atoms with Gasteiger partial charge in [0.15, 0.2) is 0 Å². The minimum absolute atomic E-state index is 0.0876. The third-order valence-corrected chi connectivity index (χ3v) is 2.05. The highest BCUT2D eigenvalue weighted by Gasteiger charge is 2.21. The van der Waals surface area contributed by atoms with E-state index in [2.05, 4.69) is 17.9 Å². The Morgan fingerprint density at radius 3 is 2.18 bits per heavy atom. The van der Waals surface area contributed by atoms with Crippen LogP contribution in [0, 0.1) is 0 Å². The van der Waals surface area contributed by atoms with E-state index in [9.17, 15) is 4.79 Å². The van der Waals surface area contributed by atoms with E-state index in [0.29, 0.717) is 26.4 Å². The Bertz CT molecular complexity index is 231. The molecule has 4 nitrogen and oxygen atoms in total. The van der Waals surface area contributed by atoms with Gasteiger partial charge in [0.1, 0.15) is 0 Å². The van der Waals surface area contributed by atoms with Crippen LogP contribution in [0.1, 0.15) is 34.6 Å². The zero-order valence-corrected chi connectivity index (χ0v) is 12.4. The lowest BCUT2D eigenvalue weighted by Gasteiger charge is -2.19. The molecule has 0 aliphatic rings. The van der Waals surface area contributed by atoms with E-state index < -0.39 is 4.75 Å². The molecule has 0 aliphatic heterocycles. The van der Waals surface area contributed by atoms with Crippen LogP contribution in [0.25, 0.3) is 0 Å². The fourth-order valence-electron chi connectivity index (χ4n) is 0.962. The van der Waals surface area contributed by atoms with Gasteiger partial charge >= 0.3 is 0 Å². The zero-order valence-electron chi connectivity index (χ0n) is 11.5. The van der Waals surface area contributed by atoms with Gasteiger partial charge in [-0.05, 0) is 34.6 Å². The molecule has 0 aromatic heterocycles. The van der Waals surface area contributed by atoms with Gasteiger partial charge in [0.2, 0.25) is 5.91 Å². The van der Waals surface area contributed by atoms with Crippen molar-refractivity contribution >= 4 is 18.5 Å². The summed E-state index contributed by atoms with van der Waals surface area (Å²) in [4.78, 5) is 11.4. The first-order chi connectivity index (χ1) is 7.63. The van der Waals surface area contributed by atoms with Gasteiger partial charge in [-0.25, -0.2) is 0 Å². The average Bonchev–Trinajstić information content (AvgIpc) is 2.12. The van der Waals surface area contributed by atoms with Crippen LogP contribution in [0.3, 0.4) is 0 Å². The quantitative estimate of drug-likeness (QED) is 0.542. The molecule has 0 fully saturated rings. The van der Waals surface area contributed by atoms with Gasteiger partial charge in [0, 0.05) is 6.54 Å². The molecule has 0 aromatic carbocycles. The molecule has 5 heteroatoms. The van der Waals surface area contributed by atoms with Crippen LogP contribution in [0.2, 0.25) is 0 Å². The predicted molar refractivity (Wildman–Crippen MR) is 72.6 cm³/mol. The largest absolute Gasteiger partial charge is 0.377 e. The lowest BCUT2D eigenvalue weighted by atomic mass is 10.2. The van der Waals surface area contributed by atoms with E-state index in [4.69, 9.17) is 9.47 Å². The molecule has 0 heterocycles. The third-order valence-electron chi connectivity index (χ3n) is 1.85. The summed E-state index contributed by atoms with van der Waals surface area (Å²) in [6.45, 7) is 11.6. The highest BCUT2D eigenvalue weighted by Crippen LogP contribution is 2.10. The molecule has 0 bridgehead atoms. The zero-order chi connectivity index (χ0) is 13.5. The van der Waals surface area contributed by atoms with Crippen LogP contribution in [0.5, 0.6) is 0 Å². The first kappa shape index (κ1) is 16.7. The van der Waals surface area contributed by atoms with Gasteiger partial charge in [0.25, 0.3) is 0 Å². The summed E-state index contributed by atoms with van der Waals surface area (Å²) < 4.78 is 10.2. The summed E-state index contributed by atoms with van der Waals surface area (Å²) in [7, 11) is 0. The number of nitrogens with one attached hydrogen (secondary N) is 1. The van der Waals surface area contributed by atoms with Gasteiger partial charge in [-0.15, -0.1) is 0 Å². The van der Waals surface area contributed by atoms with Crippen LogP contribution < -0.4 is 5.32 Å². The van der Waals surface area contributed by atoms with E-state index in [0.717, 1.165) is 0 Å². The molecule has 1 amide bonds. The second-order valence-electron chi connectivity index (χ2n) is 5.39. The topological polar surface area (TPSA) is 47.6 Å². The van der Waals surface area contributed by atoms with Crippen molar-refractivity contribution < 1.29 is 14.3 Å². The van der Waals surface area contributed by atoms with Crippen molar-refractivity contribution in [2.75, 3.05) is 26.4 Å². The Morgan fingerprint density at radius 1 is 1.12 bits per heavy atom. The fraction of sp³-hybridized carbons (Fsp3) is 0.917. The molecule has 0 radical (unpaired) electrons. The van der Waals surface area contributed by atoms with Crippen molar-refractivity contribution in [2.24, 2.45) is 0 Å². The van der Waals surface area contributed by atoms with Crippen molar-refractivity contribution in [3.63, 3.8) is 0 Å².